The molecule has 0 radical (unpaired) electrons. The van der Waals surface area contributed by atoms with Gasteiger partial charge in [-0.15, -0.1) is 0 Å². The van der Waals surface area contributed by atoms with E-state index in [9.17, 15) is 4.79 Å². The minimum atomic E-state index is -0.152. The van der Waals surface area contributed by atoms with E-state index >= 15 is 0 Å². The molecule has 2 heterocycles. The normalized spacial score (nSPS) is 26.6. The maximum absolute atomic E-state index is 12.3. The summed E-state index contributed by atoms with van der Waals surface area (Å²) in [5, 5.41) is 6.35. The molecule has 4 nitrogen and oxygen atoms in total. The summed E-state index contributed by atoms with van der Waals surface area (Å²) in [6, 6.07) is 8.02. The SMILES string of the molecule is CC(NC(=O)[C@@H]1Cc2ccccc2N1)C1CCCO1. The monoisotopic (exact) mass is 260 g/mol. The van der Waals surface area contributed by atoms with Gasteiger partial charge in [-0.25, -0.2) is 0 Å². The van der Waals surface area contributed by atoms with E-state index in [-0.39, 0.29) is 24.1 Å². The first kappa shape index (κ1) is 12.5. The molecule has 0 saturated carbocycles. The number of hydrogen-bond donors (Lipinski definition) is 2. The van der Waals surface area contributed by atoms with Gasteiger partial charge in [-0.2, -0.15) is 0 Å². The summed E-state index contributed by atoms with van der Waals surface area (Å²) < 4.78 is 5.60. The van der Waals surface area contributed by atoms with Crippen LogP contribution in [0, 0.1) is 0 Å². The van der Waals surface area contributed by atoms with Crippen LogP contribution in [0.2, 0.25) is 0 Å². The average molecular weight is 260 g/mol. The molecular weight excluding hydrogens is 240 g/mol. The Morgan fingerprint density at radius 3 is 3.05 bits per heavy atom. The number of para-hydroxylation sites is 1. The minimum absolute atomic E-state index is 0.0687. The van der Waals surface area contributed by atoms with Gasteiger partial charge in [-0.3, -0.25) is 4.79 Å². The first-order valence-corrected chi connectivity index (χ1v) is 7.00. The first-order valence-electron chi connectivity index (χ1n) is 7.00. The van der Waals surface area contributed by atoms with Gasteiger partial charge in [-0.1, -0.05) is 18.2 Å². The van der Waals surface area contributed by atoms with Crippen LogP contribution in [0.1, 0.15) is 25.3 Å². The zero-order chi connectivity index (χ0) is 13.2. The lowest BCUT2D eigenvalue weighted by Gasteiger charge is -2.22. The van der Waals surface area contributed by atoms with E-state index < -0.39 is 0 Å². The van der Waals surface area contributed by atoms with Gasteiger partial charge in [0.25, 0.3) is 0 Å². The van der Waals surface area contributed by atoms with Gasteiger partial charge in [0.1, 0.15) is 6.04 Å². The summed E-state index contributed by atoms with van der Waals surface area (Å²) in [7, 11) is 0. The lowest BCUT2D eigenvalue weighted by molar-refractivity contribution is -0.123. The van der Waals surface area contributed by atoms with Crippen molar-refractivity contribution in [2.24, 2.45) is 0 Å². The van der Waals surface area contributed by atoms with Crippen molar-refractivity contribution in [1.29, 1.82) is 0 Å². The van der Waals surface area contributed by atoms with E-state index in [1.807, 2.05) is 25.1 Å². The average Bonchev–Trinajstić information content (AvgIpc) is 3.07. The number of ether oxygens (including phenoxy) is 1. The second kappa shape index (κ2) is 5.21. The van der Waals surface area contributed by atoms with Crippen molar-refractivity contribution >= 4 is 11.6 Å². The number of nitrogens with one attached hydrogen (secondary N) is 2. The van der Waals surface area contributed by atoms with Gasteiger partial charge in [-0.05, 0) is 31.4 Å². The molecule has 2 aliphatic rings. The topological polar surface area (TPSA) is 50.4 Å². The van der Waals surface area contributed by atoms with Gasteiger partial charge < -0.3 is 15.4 Å². The molecule has 1 aromatic rings. The summed E-state index contributed by atoms with van der Waals surface area (Å²) in [4.78, 5) is 12.3. The van der Waals surface area contributed by atoms with E-state index in [0.717, 1.165) is 31.6 Å². The van der Waals surface area contributed by atoms with Crippen LogP contribution in [0.5, 0.6) is 0 Å². The van der Waals surface area contributed by atoms with Gasteiger partial charge in [0.05, 0.1) is 12.1 Å². The van der Waals surface area contributed by atoms with E-state index in [0.29, 0.717) is 0 Å². The second-order valence-electron chi connectivity index (χ2n) is 5.41. The molecule has 2 aliphatic heterocycles. The predicted octanol–water partition coefficient (Wildman–Crippen LogP) is 1.71. The Morgan fingerprint density at radius 2 is 2.32 bits per heavy atom. The fourth-order valence-corrected chi connectivity index (χ4v) is 2.87. The molecular formula is C15H20N2O2. The highest BCUT2D eigenvalue weighted by Crippen LogP contribution is 2.25. The summed E-state index contributed by atoms with van der Waals surface area (Å²) in [5.41, 5.74) is 2.29. The van der Waals surface area contributed by atoms with Crippen LogP contribution < -0.4 is 10.6 Å². The largest absolute Gasteiger partial charge is 0.376 e. The standard InChI is InChI=1S/C15H20N2O2/c1-10(14-7-4-8-19-14)16-15(18)13-9-11-5-2-3-6-12(11)17-13/h2-3,5-6,10,13-14,17H,4,7-9H2,1H3,(H,16,18)/t10?,13-,14?/m0/s1. The van der Waals surface area contributed by atoms with E-state index in [1.165, 1.54) is 5.56 Å². The zero-order valence-corrected chi connectivity index (χ0v) is 11.2. The molecule has 0 spiro atoms. The van der Waals surface area contributed by atoms with Gasteiger partial charge in [0, 0.05) is 18.7 Å². The number of rotatable bonds is 3. The van der Waals surface area contributed by atoms with Crippen molar-refractivity contribution in [2.45, 2.75) is 44.4 Å². The molecule has 2 unspecified atom stereocenters. The van der Waals surface area contributed by atoms with E-state index in [4.69, 9.17) is 4.74 Å². The molecule has 0 aliphatic carbocycles. The number of anilines is 1. The van der Waals surface area contributed by atoms with Crippen molar-refractivity contribution in [1.82, 2.24) is 5.32 Å². The third kappa shape index (κ3) is 2.59. The van der Waals surface area contributed by atoms with E-state index in [2.05, 4.69) is 16.7 Å². The molecule has 3 atom stereocenters. The fraction of sp³-hybridized carbons (Fsp3) is 0.533. The molecule has 4 heteroatoms. The number of carbonyl (C=O) groups is 1. The highest BCUT2D eigenvalue weighted by Gasteiger charge is 2.29. The summed E-state index contributed by atoms with van der Waals surface area (Å²) in [6.07, 6.45) is 3.07. The summed E-state index contributed by atoms with van der Waals surface area (Å²) in [6.45, 7) is 2.84. The molecule has 1 aromatic carbocycles. The minimum Gasteiger partial charge on any atom is -0.376 e. The Hall–Kier alpha value is -1.55. The second-order valence-corrected chi connectivity index (χ2v) is 5.41. The third-order valence-corrected chi connectivity index (χ3v) is 3.98. The molecule has 3 rings (SSSR count). The highest BCUT2D eigenvalue weighted by atomic mass is 16.5. The number of benzene rings is 1. The first-order chi connectivity index (χ1) is 9.24. The smallest absolute Gasteiger partial charge is 0.243 e. The lowest BCUT2D eigenvalue weighted by atomic mass is 10.1. The Kier molecular flexibility index (Phi) is 3.42. The molecule has 0 aromatic heterocycles. The van der Waals surface area contributed by atoms with Gasteiger partial charge in [0.2, 0.25) is 5.91 Å². The van der Waals surface area contributed by atoms with Crippen molar-refractivity contribution in [3.63, 3.8) is 0 Å². The maximum atomic E-state index is 12.3. The predicted molar refractivity (Wildman–Crippen MR) is 74.1 cm³/mol. The number of hydrogen-bond acceptors (Lipinski definition) is 3. The molecule has 1 amide bonds. The van der Waals surface area contributed by atoms with Crippen LogP contribution in [0.3, 0.4) is 0 Å². The maximum Gasteiger partial charge on any atom is 0.243 e. The van der Waals surface area contributed by atoms with Crippen molar-refractivity contribution < 1.29 is 9.53 Å². The van der Waals surface area contributed by atoms with Gasteiger partial charge >= 0.3 is 0 Å². The molecule has 0 bridgehead atoms. The summed E-state index contributed by atoms with van der Waals surface area (Å²) >= 11 is 0. The molecule has 1 saturated heterocycles. The molecule has 19 heavy (non-hydrogen) atoms. The molecule has 1 fully saturated rings. The Labute approximate surface area is 113 Å². The fourth-order valence-electron chi connectivity index (χ4n) is 2.87. The Bertz CT molecular complexity index is 444. The van der Waals surface area contributed by atoms with E-state index in [1.54, 1.807) is 0 Å². The van der Waals surface area contributed by atoms with Crippen molar-refractivity contribution in [3.8, 4) is 0 Å². The van der Waals surface area contributed by atoms with Crippen LogP contribution in [0.15, 0.2) is 24.3 Å². The third-order valence-electron chi connectivity index (χ3n) is 3.98. The Balaban J connectivity index is 1.57. The van der Waals surface area contributed by atoms with Crippen LogP contribution in [0.4, 0.5) is 5.69 Å². The van der Waals surface area contributed by atoms with Crippen LogP contribution in [-0.2, 0) is 16.0 Å². The quantitative estimate of drug-likeness (QED) is 0.870. The number of fused-ring (bicyclic) bond motifs is 1. The molecule has 102 valence electrons. The molecule has 2 N–H and O–H groups in total. The highest BCUT2D eigenvalue weighted by molar-refractivity contribution is 5.87. The zero-order valence-electron chi connectivity index (χ0n) is 11.2. The summed E-state index contributed by atoms with van der Waals surface area (Å²) in [5.74, 6) is 0.0687. The van der Waals surface area contributed by atoms with Crippen molar-refractivity contribution in [3.05, 3.63) is 29.8 Å². The van der Waals surface area contributed by atoms with Crippen LogP contribution in [-0.4, -0.2) is 30.7 Å². The Morgan fingerprint density at radius 1 is 1.47 bits per heavy atom. The number of amides is 1. The van der Waals surface area contributed by atoms with Crippen molar-refractivity contribution in [2.75, 3.05) is 11.9 Å². The van der Waals surface area contributed by atoms with Gasteiger partial charge in [0.15, 0.2) is 0 Å². The number of carbonyl (C=O) groups excluding carboxylic acids is 1. The van der Waals surface area contributed by atoms with Crippen LogP contribution >= 0.6 is 0 Å². The van der Waals surface area contributed by atoms with Crippen LogP contribution in [0.25, 0.3) is 0 Å². The lowest BCUT2D eigenvalue weighted by Crippen LogP contribution is -2.47.